The summed E-state index contributed by atoms with van der Waals surface area (Å²) in [5.74, 6) is -2.78. The molecule has 0 spiro atoms. The van der Waals surface area contributed by atoms with Crippen molar-refractivity contribution in [2.75, 3.05) is 11.2 Å². The van der Waals surface area contributed by atoms with Crippen molar-refractivity contribution in [3.63, 3.8) is 0 Å². The summed E-state index contributed by atoms with van der Waals surface area (Å²) in [7, 11) is 0. The Kier molecular flexibility index (Phi) is 13.5. The highest BCUT2D eigenvalue weighted by atomic mass is 79.9. The second-order valence-corrected chi connectivity index (χ2v) is 21.1. The van der Waals surface area contributed by atoms with Crippen molar-refractivity contribution in [2.45, 2.75) is 195 Å². The highest BCUT2D eigenvalue weighted by Gasteiger charge is 2.81. The molecule has 0 bridgehead atoms. The number of ether oxygens (including phenoxy) is 3. The number of fused-ring (bicyclic) bond motifs is 3. The van der Waals surface area contributed by atoms with Gasteiger partial charge in [0.1, 0.15) is 0 Å². The van der Waals surface area contributed by atoms with Crippen LogP contribution in [0.5, 0.6) is 0 Å². The van der Waals surface area contributed by atoms with Crippen LogP contribution < -0.4 is 16.0 Å². The molecule has 9 rings (SSSR count). The van der Waals surface area contributed by atoms with E-state index < -0.39 is 81.5 Å². The number of amides is 3. The molecule has 348 valence electrons. The van der Waals surface area contributed by atoms with Gasteiger partial charge >= 0.3 is 17.9 Å². The molecule has 3 amide bonds. The van der Waals surface area contributed by atoms with Gasteiger partial charge in [0.15, 0.2) is 16.8 Å². The number of halogens is 2. The number of esters is 3. The maximum atomic E-state index is 12.3. The fourth-order valence-corrected chi connectivity index (χ4v) is 13.8. The van der Waals surface area contributed by atoms with Crippen LogP contribution in [-0.2, 0) is 43.0 Å². The molecule has 6 aliphatic heterocycles. The van der Waals surface area contributed by atoms with Crippen LogP contribution in [0.1, 0.15) is 143 Å². The standard InChI is InChI=1S/C15H22BrNO4.C15H22ClNO4.C15H23NO4/c2*1-14-10(7-8-16)12(19)17-15(14,13(20)21-14)11(18)9-5-3-2-4-6-9;1-3-10-12(18)16-15(13(19)20-14(10,15)2)11(17)9-7-5-4-6-8-9/h2*9-11,18H,2-8H2,1H3,(H,17,19);9-11,17H,3-8H2,1-2H3,(H,16,18)/t10?,11?,14-,15?;;/m0../s1. The van der Waals surface area contributed by atoms with Crippen LogP contribution in [0.15, 0.2) is 0 Å². The third-order valence-corrected chi connectivity index (χ3v) is 17.6. The van der Waals surface area contributed by atoms with Crippen molar-refractivity contribution in [1.29, 1.82) is 0 Å². The summed E-state index contributed by atoms with van der Waals surface area (Å²) in [6.45, 7) is 7.22. The van der Waals surface area contributed by atoms with E-state index in [0.29, 0.717) is 30.5 Å². The van der Waals surface area contributed by atoms with Gasteiger partial charge < -0.3 is 45.5 Å². The SMILES string of the molecule is CC12OC(=O)C1(C(O)C1CCCCC1)NC(=O)C2CCCl.CCC1C(=O)NC2(C(O)C3CCCCC3)C(=O)OC12C.C[C@@]12OC(=O)C1(C(O)C1CCCCC1)NC(=O)C2CCBr. The molecular formula is C45H67BrClN3O12. The number of hydrogen-bond acceptors (Lipinski definition) is 12. The van der Waals surface area contributed by atoms with Crippen molar-refractivity contribution < 1.29 is 58.3 Å². The molecule has 3 saturated carbocycles. The normalized spacial score (nSPS) is 41.5. The summed E-state index contributed by atoms with van der Waals surface area (Å²) < 4.78 is 16.1. The van der Waals surface area contributed by atoms with Crippen LogP contribution in [0.2, 0.25) is 0 Å². The average molecular weight is 957 g/mol. The molecule has 0 aromatic heterocycles. The van der Waals surface area contributed by atoms with Gasteiger partial charge in [-0.2, -0.15) is 0 Å². The number of alkyl halides is 2. The zero-order valence-corrected chi connectivity index (χ0v) is 39.0. The third-order valence-electron chi connectivity index (χ3n) is 17.0. The summed E-state index contributed by atoms with van der Waals surface area (Å²) in [4.78, 5) is 73.2. The van der Waals surface area contributed by atoms with Gasteiger partial charge in [0.05, 0.1) is 36.1 Å². The lowest BCUT2D eigenvalue weighted by Crippen LogP contribution is -2.80. The highest BCUT2D eigenvalue weighted by molar-refractivity contribution is 9.09. The fourth-order valence-electron chi connectivity index (χ4n) is 13.2. The van der Waals surface area contributed by atoms with Crippen LogP contribution in [-0.4, -0.2) is 114 Å². The maximum absolute atomic E-state index is 12.3. The molecule has 9 fully saturated rings. The van der Waals surface area contributed by atoms with Crippen LogP contribution in [0.25, 0.3) is 0 Å². The van der Waals surface area contributed by atoms with E-state index in [0.717, 1.165) is 77.0 Å². The quantitative estimate of drug-likeness (QED) is 0.0982. The number of carbonyl (C=O) groups is 6. The Bertz CT molecular complexity index is 1690. The summed E-state index contributed by atoms with van der Waals surface area (Å²) in [5.41, 5.74) is -6.53. The van der Waals surface area contributed by atoms with Gasteiger partial charge in [-0.15, -0.1) is 11.6 Å². The minimum atomic E-state index is -1.27. The molecule has 9 aliphatic rings. The first kappa shape index (κ1) is 47.4. The zero-order chi connectivity index (χ0) is 45.0. The molecule has 6 N–H and O–H groups in total. The smallest absolute Gasteiger partial charge is 0.339 e. The molecule has 0 radical (unpaired) electrons. The van der Waals surface area contributed by atoms with Crippen molar-refractivity contribution in [3.8, 4) is 0 Å². The minimum absolute atomic E-state index is 0.0426. The lowest BCUT2D eigenvalue weighted by molar-refractivity contribution is -0.241. The lowest BCUT2D eigenvalue weighted by atomic mass is 9.64. The Labute approximate surface area is 377 Å². The van der Waals surface area contributed by atoms with E-state index in [2.05, 4.69) is 31.9 Å². The van der Waals surface area contributed by atoms with Crippen LogP contribution in [0.3, 0.4) is 0 Å². The zero-order valence-electron chi connectivity index (χ0n) is 36.6. The van der Waals surface area contributed by atoms with Crippen LogP contribution in [0, 0.1) is 35.5 Å². The van der Waals surface area contributed by atoms with Crippen molar-refractivity contribution in [3.05, 3.63) is 0 Å². The molecule has 3 aliphatic carbocycles. The lowest BCUT2D eigenvalue weighted by Gasteiger charge is -2.55. The van der Waals surface area contributed by atoms with E-state index >= 15 is 0 Å². The van der Waals surface area contributed by atoms with Gasteiger partial charge in [-0.3, -0.25) is 14.4 Å². The Morgan fingerprint density at radius 1 is 0.548 bits per heavy atom. The number of carbonyl (C=O) groups excluding carboxylic acids is 6. The first-order valence-corrected chi connectivity index (χ1v) is 24.9. The maximum Gasteiger partial charge on any atom is 0.339 e. The molecule has 6 heterocycles. The first-order chi connectivity index (χ1) is 29.4. The first-order valence-electron chi connectivity index (χ1n) is 23.2. The summed E-state index contributed by atoms with van der Waals surface area (Å²) >= 11 is 9.12. The van der Waals surface area contributed by atoms with Gasteiger partial charge in [-0.05, 0) is 96.3 Å². The van der Waals surface area contributed by atoms with Gasteiger partial charge in [0.25, 0.3) is 0 Å². The van der Waals surface area contributed by atoms with Gasteiger partial charge in [-0.25, -0.2) is 14.4 Å². The molecule has 0 aromatic carbocycles. The predicted molar refractivity (Wildman–Crippen MR) is 228 cm³/mol. The highest BCUT2D eigenvalue weighted by Crippen LogP contribution is 2.56. The number of aliphatic hydroxyl groups is 3. The van der Waals surface area contributed by atoms with E-state index in [1.165, 1.54) is 19.3 Å². The Morgan fingerprint density at radius 3 is 1.11 bits per heavy atom. The van der Waals surface area contributed by atoms with E-state index in [9.17, 15) is 44.1 Å². The third kappa shape index (κ3) is 6.77. The Morgan fingerprint density at radius 2 is 0.839 bits per heavy atom. The largest absolute Gasteiger partial charge is 0.453 e. The number of hydrogen-bond donors (Lipinski definition) is 6. The summed E-state index contributed by atoms with van der Waals surface area (Å²) in [6.07, 6.45) is 14.4. The number of nitrogens with one attached hydrogen (secondary N) is 3. The molecular weight excluding hydrogens is 890 g/mol. The van der Waals surface area contributed by atoms with Crippen LogP contribution >= 0.6 is 27.5 Å². The topological polar surface area (TPSA) is 227 Å². The van der Waals surface area contributed by atoms with Crippen LogP contribution in [0.4, 0.5) is 0 Å². The van der Waals surface area contributed by atoms with E-state index in [1.807, 2.05) is 6.92 Å². The molecule has 17 heteroatoms. The minimum Gasteiger partial charge on any atom is -0.453 e. The van der Waals surface area contributed by atoms with Crippen molar-refractivity contribution >= 4 is 63.2 Å². The van der Waals surface area contributed by atoms with Crippen molar-refractivity contribution in [2.24, 2.45) is 35.5 Å². The van der Waals surface area contributed by atoms with E-state index in [1.54, 1.807) is 20.8 Å². The number of rotatable bonds is 11. The van der Waals surface area contributed by atoms with E-state index in [-0.39, 0.29) is 41.4 Å². The Hall–Kier alpha value is -2.53. The second-order valence-electron chi connectivity index (χ2n) is 19.9. The summed E-state index contributed by atoms with van der Waals surface area (Å²) in [6, 6.07) is 0. The molecule has 15 nitrogen and oxygen atoms in total. The average Bonchev–Trinajstić information content (AvgIpc) is 3.65. The summed E-state index contributed by atoms with van der Waals surface area (Å²) in [5, 5.41) is 41.5. The molecule has 12 atom stereocenters. The fraction of sp³-hybridized carbons (Fsp3) is 0.867. The molecule has 11 unspecified atom stereocenters. The number of aliphatic hydroxyl groups excluding tert-OH is 3. The van der Waals surface area contributed by atoms with E-state index in [4.69, 9.17) is 25.8 Å². The monoisotopic (exact) mass is 955 g/mol. The molecule has 0 aromatic rings. The predicted octanol–water partition coefficient (Wildman–Crippen LogP) is 4.01. The van der Waals surface area contributed by atoms with Crippen molar-refractivity contribution in [1.82, 2.24) is 16.0 Å². The molecule has 6 saturated heterocycles. The van der Waals surface area contributed by atoms with Gasteiger partial charge in [0, 0.05) is 11.2 Å². The second kappa shape index (κ2) is 17.7. The Balaban J connectivity index is 0.000000140. The molecule has 62 heavy (non-hydrogen) atoms. The van der Waals surface area contributed by atoms with Gasteiger partial charge in [0.2, 0.25) is 34.3 Å². The van der Waals surface area contributed by atoms with Gasteiger partial charge in [-0.1, -0.05) is 80.6 Å².